The van der Waals surface area contributed by atoms with Crippen molar-refractivity contribution in [2.75, 3.05) is 20.1 Å². The Hall–Kier alpha value is -2.13. The summed E-state index contributed by atoms with van der Waals surface area (Å²) in [5, 5.41) is 3.24. The molecule has 1 saturated heterocycles. The van der Waals surface area contributed by atoms with Gasteiger partial charge in [0.2, 0.25) is 0 Å². The minimum Gasteiger partial charge on any atom is -0.349 e. The van der Waals surface area contributed by atoms with Gasteiger partial charge in [0.15, 0.2) is 0 Å². The fourth-order valence-corrected chi connectivity index (χ4v) is 3.17. The molecule has 0 aromatic heterocycles. The predicted octanol–water partition coefficient (Wildman–Crippen LogP) is 2.90. The first-order chi connectivity index (χ1) is 10.7. The van der Waals surface area contributed by atoms with Gasteiger partial charge in [-0.3, -0.25) is 4.79 Å². The number of carbonyl (C=O) groups excluding carboxylic acids is 1. The Balaban J connectivity index is 1.77. The summed E-state index contributed by atoms with van der Waals surface area (Å²) in [6.45, 7) is 1.99. The molecule has 0 radical (unpaired) electrons. The molecule has 1 amide bonds. The van der Waals surface area contributed by atoms with Gasteiger partial charge in [-0.2, -0.15) is 0 Å². The number of hydrogen-bond donors (Lipinski definition) is 1. The average molecular weight is 294 g/mol. The molecule has 0 spiro atoms. The van der Waals surface area contributed by atoms with Gasteiger partial charge in [-0.1, -0.05) is 48.5 Å². The Labute approximate surface area is 132 Å². The molecule has 3 heteroatoms. The average Bonchev–Trinajstić information content (AvgIpc) is 2.58. The molecule has 1 fully saturated rings. The van der Waals surface area contributed by atoms with Crippen LogP contribution in [0.4, 0.5) is 0 Å². The number of benzene rings is 2. The molecule has 1 aliphatic heterocycles. The summed E-state index contributed by atoms with van der Waals surface area (Å²) in [6.07, 6.45) is 0.981. The molecule has 1 heterocycles. The normalized spacial score (nSPS) is 22.2. The van der Waals surface area contributed by atoms with Gasteiger partial charge in [0.05, 0.1) is 0 Å². The number of likely N-dealkylation sites (tertiary alicyclic amines) is 1. The predicted molar refractivity (Wildman–Crippen MR) is 89.0 cm³/mol. The summed E-state index contributed by atoms with van der Waals surface area (Å²) >= 11 is 0. The first kappa shape index (κ1) is 14.8. The van der Waals surface area contributed by atoms with E-state index in [1.54, 1.807) is 0 Å². The van der Waals surface area contributed by atoms with E-state index in [4.69, 9.17) is 0 Å². The molecule has 2 aromatic rings. The smallest absolute Gasteiger partial charge is 0.251 e. The maximum atomic E-state index is 12.4. The van der Waals surface area contributed by atoms with Gasteiger partial charge in [-0.25, -0.2) is 0 Å². The van der Waals surface area contributed by atoms with Gasteiger partial charge in [-0.15, -0.1) is 0 Å². The molecule has 114 valence electrons. The Morgan fingerprint density at radius 3 is 2.36 bits per heavy atom. The molecule has 2 aromatic carbocycles. The fourth-order valence-electron chi connectivity index (χ4n) is 3.17. The van der Waals surface area contributed by atoms with Crippen LogP contribution in [0.3, 0.4) is 0 Å². The first-order valence-electron chi connectivity index (χ1n) is 7.83. The lowest BCUT2D eigenvalue weighted by Gasteiger charge is -2.37. The third-order valence-corrected chi connectivity index (χ3v) is 4.40. The molecule has 1 N–H and O–H groups in total. The van der Waals surface area contributed by atoms with Crippen LogP contribution in [-0.4, -0.2) is 37.0 Å². The molecule has 0 aliphatic carbocycles. The second-order valence-electron chi connectivity index (χ2n) is 6.01. The molecule has 0 bridgehead atoms. The lowest BCUT2D eigenvalue weighted by atomic mass is 9.86. The van der Waals surface area contributed by atoms with Crippen LogP contribution in [0.5, 0.6) is 0 Å². The van der Waals surface area contributed by atoms with Crippen LogP contribution >= 0.6 is 0 Å². The lowest BCUT2D eigenvalue weighted by Crippen LogP contribution is -2.48. The maximum Gasteiger partial charge on any atom is 0.251 e. The zero-order valence-corrected chi connectivity index (χ0v) is 12.9. The van der Waals surface area contributed by atoms with E-state index in [1.165, 1.54) is 5.56 Å². The zero-order chi connectivity index (χ0) is 15.4. The molecular formula is C19H22N2O. The third-order valence-electron chi connectivity index (χ3n) is 4.40. The number of nitrogens with zero attached hydrogens (tertiary/aromatic N) is 1. The largest absolute Gasteiger partial charge is 0.349 e. The van der Waals surface area contributed by atoms with E-state index in [0.717, 1.165) is 25.1 Å². The fraction of sp³-hybridized carbons (Fsp3) is 0.316. The second-order valence-corrected chi connectivity index (χ2v) is 6.01. The number of carbonyl (C=O) groups is 1. The highest BCUT2D eigenvalue weighted by Gasteiger charge is 2.30. The number of piperidine rings is 1. The number of rotatable bonds is 3. The molecule has 0 unspecified atom stereocenters. The van der Waals surface area contributed by atoms with Gasteiger partial charge >= 0.3 is 0 Å². The van der Waals surface area contributed by atoms with Crippen molar-refractivity contribution in [1.82, 2.24) is 10.2 Å². The summed E-state index contributed by atoms with van der Waals surface area (Å²) < 4.78 is 0. The standard InChI is InChI=1S/C19H22N2O/c1-21-13-12-18(17(14-21)15-8-4-2-5-9-15)20-19(22)16-10-6-3-7-11-16/h2-11,17-18H,12-14H2,1H3,(H,20,22)/t17-,18-/m1/s1. The second kappa shape index (κ2) is 6.75. The number of hydrogen-bond acceptors (Lipinski definition) is 2. The molecule has 1 aliphatic rings. The SMILES string of the molecule is CN1CC[C@@H](NC(=O)c2ccccc2)[C@@H](c2ccccc2)C1. The Kier molecular flexibility index (Phi) is 4.54. The minimum atomic E-state index is 0.0242. The topological polar surface area (TPSA) is 32.3 Å². The van der Waals surface area contributed by atoms with E-state index in [2.05, 4.69) is 41.5 Å². The summed E-state index contributed by atoms with van der Waals surface area (Å²) in [7, 11) is 2.14. The molecule has 3 rings (SSSR count). The van der Waals surface area contributed by atoms with Gasteiger partial charge in [0.1, 0.15) is 0 Å². The highest BCUT2D eigenvalue weighted by Crippen LogP contribution is 2.27. The molecular weight excluding hydrogens is 272 g/mol. The Morgan fingerprint density at radius 2 is 1.68 bits per heavy atom. The van der Waals surface area contributed by atoms with Crippen molar-refractivity contribution in [3.05, 3.63) is 71.8 Å². The number of amides is 1. The summed E-state index contributed by atoms with van der Waals surface area (Å²) in [6, 6.07) is 20.1. The zero-order valence-electron chi connectivity index (χ0n) is 12.9. The molecule has 22 heavy (non-hydrogen) atoms. The van der Waals surface area contributed by atoms with Crippen LogP contribution in [0.2, 0.25) is 0 Å². The van der Waals surface area contributed by atoms with Crippen molar-refractivity contribution in [1.29, 1.82) is 0 Å². The summed E-state index contributed by atoms with van der Waals surface area (Å²) in [4.78, 5) is 14.8. The lowest BCUT2D eigenvalue weighted by molar-refractivity contribution is 0.0904. The van der Waals surface area contributed by atoms with Crippen molar-refractivity contribution in [3.8, 4) is 0 Å². The van der Waals surface area contributed by atoms with Crippen LogP contribution in [0.25, 0.3) is 0 Å². The maximum absolute atomic E-state index is 12.4. The van der Waals surface area contributed by atoms with Crippen molar-refractivity contribution in [3.63, 3.8) is 0 Å². The summed E-state index contributed by atoms with van der Waals surface area (Å²) in [5.41, 5.74) is 2.03. The van der Waals surface area contributed by atoms with Gasteiger partial charge in [0, 0.05) is 24.1 Å². The van der Waals surface area contributed by atoms with Crippen molar-refractivity contribution in [2.24, 2.45) is 0 Å². The van der Waals surface area contributed by atoms with Gasteiger partial charge in [0.25, 0.3) is 5.91 Å². The monoisotopic (exact) mass is 294 g/mol. The van der Waals surface area contributed by atoms with E-state index >= 15 is 0 Å². The molecule has 0 saturated carbocycles. The summed E-state index contributed by atoms with van der Waals surface area (Å²) in [5.74, 6) is 0.365. The number of likely N-dealkylation sites (N-methyl/N-ethyl adjacent to an activating group) is 1. The molecule has 2 atom stereocenters. The van der Waals surface area contributed by atoms with Crippen LogP contribution in [-0.2, 0) is 0 Å². The number of nitrogens with one attached hydrogen (secondary N) is 1. The Bertz CT molecular complexity index is 612. The highest BCUT2D eigenvalue weighted by atomic mass is 16.1. The van der Waals surface area contributed by atoms with Crippen LogP contribution in [0.1, 0.15) is 28.3 Å². The van der Waals surface area contributed by atoms with Crippen LogP contribution < -0.4 is 5.32 Å². The quantitative estimate of drug-likeness (QED) is 0.944. The van der Waals surface area contributed by atoms with E-state index in [9.17, 15) is 4.79 Å². The van der Waals surface area contributed by atoms with Gasteiger partial charge < -0.3 is 10.2 Å². The molecule has 3 nitrogen and oxygen atoms in total. The van der Waals surface area contributed by atoms with Crippen molar-refractivity contribution >= 4 is 5.91 Å². The van der Waals surface area contributed by atoms with E-state index in [1.807, 2.05) is 36.4 Å². The van der Waals surface area contributed by atoms with E-state index < -0.39 is 0 Å². The van der Waals surface area contributed by atoms with Crippen LogP contribution in [0.15, 0.2) is 60.7 Å². The third kappa shape index (κ3) is 3.37. The van der Waals surface area contributed by atoms with E-state index in [0.29, 0.717) is 5.92 Å². The highest BCUT2D eigenvalue weighted by molar-refractivity contribution is 5.94. The Morgan fingerprint density at radius 1 is 1.05 bits per heavy atom. The van der Waals surface area contributed by atoms with E-state index in [-0.39, 0.29) is 11.9 Å². The minimum absolute atomic E-state index is 0.0242. The van der Waals surface area contributed by atoms with Crippen LogP contribution in [0, 0.1) is 0 Å². The first-order valence-corrected chi connectivity index (χ1v) is 7.83. The van der Waals surface area contributed by atoms with Gasteiger partial charge in [-0.05, 0) is 37.7 Å². The van der Waals surface area contributed by atoms with Crippen molar-refractivity contribution in [2.45, 2.75) is 18.4 Å². The van der Waals surface area contributed by atoms with Crippen molar-refractivity contribution < 1.29 is 4.79 Å².